The molecule has 1 saturated carbocycles. The van der Waals surface area contributed by atoms with Crippen LogP contribution in [0.3, 0.4) is 0 Å². The topological polar surface area (TPSA) is 63.2 Å². The van der Waals surface area contributed by atoms with Crippen LogP contribution in [-0.2, 0) is 4.74 Å². The van der Waals surface area contributed by atoms with Crippen molar-refractivity contribution in [3.63, 3.8) is 0 Å². The second kappa shape index (κ2) is 7.85. The van der Waals surface area contributed by atoms with Gasteiger partial charge in [-0.15, -0.1) is 0 Å². The van der Waals surface area contributed by atoms with Crippen molar-refractivity contribution in [2.75, 3.05) is 25.6 Å². The van der Waals surface area contributed by atoms with Crippen LogP contribution in [0.4, 0.5) is 5.69 Å². The van der Waals surface area contributed by atoms with E-state index in [1.807, 2.05) is 6.07 Å². The van der Waals surface area contributed by atoms with Crippen LogP contribution in [0.2, 0.25) is 0 Å². The van der Waals surface area contributed by atoms with Gasteiger partial charge in [-0.25, -0.2) is 0 Å². The lowest BCUT2D eigenvalue weighted by Crippen LogP contribution is -2.33. The number of pyridine rings is 1. The Hall–Kier alpha value is -1.62. The van der Waals surface area contributed by atoms with Crippen molar-refractivity contribution in [1.82, 2.24) is 10.3 Å². The van der Waals surface area contributed by atoms with Crippen LogP contribution in [-0.4, -0.2) is 37.2 Å². The minimum Gasteiger partial charge on any atom is -0.385 e. The van der Waals surface area contributed by atoms with Crippen molar-refractivity contribution in [3.05, 3.63) is 24.0 Å². The molecule has 0 bridgehead atoms. The summed E-state index contributed by atoms with van der Waals surface area (Å²) in [4.78, 5) is 16.3. The SMILES string of the molecule is COCCCNc1ccnc(C(=O)NC2CCCC2)c1. The molecule has 0 aromatic carbocycles. The van der Waals surface area contributed by atoms with Gasteiger partial charge >= 0.3 is 0 Å². The molecule has 5 heteroatoms. The van der Waals surface area contributed by atoms with Gasteiger partial charge in [0.2, 0.25) is 0 Å². The highest BCUT2D eigenvalue weighted by Crippen LogP contribution is 2.18. The number of methoxy groups -OCH3 is 1. The lowest BCUT2D eigenvalue weighted by atomic mass is 10.2. The molecule has 1 aliphatic carbocycles. The summed E-state index contributed by atoms with van der Waals surface area (Å²) in [6, 6.07) is 4.00. The van der Waals surface area contributed by atoms with Crippen molar-refractivity contribution in [3.8, 4) is 0 Å². The van der Waals surface area contributed by atoms with Crippen LogP contribution >= 0.6 is 0 Å². The number of carbonyl (C=O) groups is 1. The molecule has 1 amide bonds. The van der Waals surface area contributed by atoms with E-state index in [0.717, 1.165) is 38.1 Å². The summed E-state index contributed by atoms with van der Waals surface area (Å²) in [6.07, 6.45) is 7.19. The molecule has 1 fully saturated rings. The molecule has 0 saturated heterocycles. The highest BCUT2D eigenvalue weighted by molar-refractivity contribution is 5.93. The van der Waals surface area contributed by atoms with E-state index in [2.05, 4.69) is 15.6 Å². The molecule has 1 aromatic rings. The maximum atomic E-state index is 12.1. The summed E-state index contributed by atoms with van der Waals surface area (Å²) < 4.78 is 5.00. The fourth-order valence-corrected chi connectivity index (χ4v) is 2.44. The van der Waals surface area contributed by atoms with E-state index in [1.165, 1.54) is 12.8 Å². The van der Waals surface area contributed by atoms with Crippen molar-refractivity contribution in [2.24, 2.45) is 0 Å². The zero-order valence-corrected chi connectivity index (χ0v) is 12.0. The van der Waals surface area contributed by atoms with E-state index in [4.69, 9.17) is 4.74 Å². The quantitative estimate of drug-likeness (QED) is 0.750. The van der Waals surface area contributed by atoms with Gasteiger partial charge in [-0.1, -0.05) is 12.8 Å². The fraction of sp³-hybridized carbons (Fsp3) is 0.600. The molecular weight excluding hydrogens is 254 g/mol. The Morgan fingerprint density at radius 3 is 3.00 bits per heavy atom. The highest BCUT2D eigenvalue weighted by atomic mass is 16.5. The number of amides is 1. The summed E-state index contributed by atoms with van der Waals surface area (Å²) in [7, 11) is 1.69. The van der Waals surface area contributed by atoms with E-state index in [-0.39, 0.29) is 5.91 Å². The van der Waals surface area contributed by atoms with Crippen LogP contribution in [0.15, 0.2) is 18.3 Å². The molecule has 0 radical (unpaired) electrons. The van der Waals surface area contributed by atoms with Gasteiger partial charge in [0.25, 0.3) is 5.91 Å². The summed E-state index contributed by atoms with van der Waals surface area (Å²) in [5.74, 6) is -0.0718. The molecule has 5 nitrogen and oxygen atoms in total. The predicted molar refractivity (Wildman–Crippen MR) is 78.9 cm³/mol. The summed E-state index contributed by atoms with van der Waals surface area (Å²) >= 11 is 0. The van der Waals surface area contributed by atoms with Gasteiger partial charge in [-0.05, 0) is 31.4 Å². The normalized spacial score (nSPS) is 15.2. The van der Waals surface area contributed by atoms with Crippen LogP contribution in [0.5, 0.6) is 0 Å². The third kappa shape index (κ3) is 4.49. The Labute approximate surface area is 120 Å². The number of hydrogen-bond acceptors (Lipinski definition) is 4. The number of rotatable bonds is 7. The second-order valence-corrected chi connectivity index (χ2v) is 5.16. The van der Waals surface area contributed by atoms with Crippen LogP contribution in [0, 0.1) is 0 Å². The number of anilines is 1. The van der Waals surface area contributed by atoms with Gasteiger partial charge < -0.3 is 15.4 Å². The number of nitrogens with one attached hydrogen (secondary N) is 2. The average molecular weight is 277 g/mol. The van der Waals surface area contributed by atoms with Crippen LogP contribution in [0.1, 0.15) is 42.6 Å². The maximum absolute atomic E-state index is 12.1. The lowest BCUT2D eigenvalue weighted by molar-refractivity contribution is 0.0933. The zero-order chi connectivity index (χ0) is 14.2. The Morgan fingerprint density at radius 1 is 1.45 bits per heavy atom. The largest absolute Gasteiger partial charge is 0.385 e. The number of carbonyl (C=O) groups excluding carboxylic acids is 1. The molecule has 2 N–H and O–H groups in total. The predicted octanol–water partition coefficient (Wildman–Crippen LogP) is 2.20. The molecule has 0 atom stereocenters. The molecule has 0 aliphatic heterocycles. The average Bonchev–Trinajstić information content (AvgIpc) is 2.97. The lowest BCUT2D eigenvalue weighted by Gasteiger charge is -2.12. The summed E-state index contributed by atoms with van der Waals surface area (Å²) in [5.41, 5.74) is 1.40. The Kier molecular flexibility index (Phi) is 5.80. The van der Waals surface area contributed by atoms with Crippen LogP contribution in [0.25, 0.3) is 0 Å². The first kappa shape index (κ1) is 14.8. The molecule has 1 heterocycles. The minimum atomic E-state index is -0.0718. The Bertz CT molecular complexity index is 431. The van der Waals surface area contributed by atoms with Crippen molar-refractivity contribution >= 4 is 11.6 Å². The fourth-order valence-electron chi connectivity index (χ4n) is 2.44. The van der Waals surface area contributed by atoms with Gasteiger partial charge in [0, 0.05) is 38.2 Å². The molecule has 1 aliphatic rings. The van der Waals surface area contributed by atoms with E-state index in [0.29, 0.717) is 11.7 Å². The summed E-state index contributed by atoms with van der Waals surface area (Å²) in [6.45, 7) is 1.55. The number of nitrogens with zero attached hydrogens (tertiary/aromatic N) is 1. The highest BCUT2D eigenvalue weighted by Gasteiger charge is 2.18. The molecule has 1 aromatic heterocycles. The van der Waals surface area contributed by atoms with Gasteiger partial charge in [-0.2, -0.15) is 0 Å². The van der Waals surface area contributed by atoms with E-state index < -0.39 is 0 Å². The number of aromatic nitrogens is 1. The standard InChI is InChI=1S/C15H23N3O2/c1-20-10-4-8-16-13-7-9-17-14(11-13)15(19)18-12-5-2-3-6-12/h7,9,11-12H,2-6,8,10H2,1H3,(H,16,17)(H,18,19). The molecule has 0 unspecified atom stereocenters. The van der Waals surface area contributed by atoms with Gasteiger partial charge in [0.05, 0.1) is 0 Å². The Morgan fingerprint density at radius 2 is 2.25 bits per heavy atom. The third-order valence-corrected chi connectivity index (χ3v) is 3.54. The van der Waals surface area contributed by atoms with Gasteiger partial charge in [0.1, 0.15) is 5.69 Å². The zero-order valence-electron chi connectivity index (χ0n) is 12.0. The first-order valence-corrected chi connectivity index (χ1v) is 7.29. The first-order chi connectivity index (χ1) is 9.79. The van der Waals surface area contributed by atoms with Gasteiger partial charge in [-0.3, -0.25) is 9.78 Å². The van der Waals surface area contributed by atoms with Crippen molar-refractivity contribution < 1.29 is 9.53 Å². The third-order valence-electron chi connectivity index (χ3n) is 3.54. The van der Waals surface area contributed by atoms with E-state index in [9.17, 15) is 4.79 Å². The monoisotopic (exact) mass is 277 g/mol. The second-order valence-electron chi connectivity index (χ2n) is 5.16. The van der Waals surface area contributed by atoms with E-state index in [1.54, 1.807) is 19.4 Å². The minimum absolute atomic E-state index is 0.0718. The van der Waals surface area contributed by atoms with Crippen molar-refractivity contribution in [2.45, 2.75) is 38.1 Å². The molecule has 20 heavy (non-hydrogen) atoms. The summed E-state index contributed by atoms with van der Waals surface area (Å²) in [5, 5.41) is 6.32. The van der Waals surface area contributed by atoms with Gasteiger partial charge in [0.15, 0.2) is 0 Å². The van der Waals surface area contributed by atoms with Crippen molar-refractivity contribution in [1.29, 1.82) is 0 Å². The Balaban J connectivity index is 1.85. The molecular formula is C15H23N3O2. The maximum Gasteiger partial charge on any atom is 0.270 e. The molecule has 2 rings (SSSR count). The molecule has 0 spiro atoms. The number of ether oxygens (including phenoxy) is 1. The first-order valence-electron chi connectivity index (χ1n) is 7.29. The number of hydrogen-bond donors (Lipinski definition) is 2. The smallest absolute Gasteiger partial charge is 0.270 e. The van der Waals surface area contributed by atoms with Crippen LogP contribution < -0.4 is 10.6 Å². The molecule has 110 valence electrons. The van der Waals surface area contributed by atoms with E-state index >= 15 is 0 Å².